The number of nitrogens with zero attached hydrogens (tertiary/aromatic N) is 2. The smallest absolute Gasteiger partial charge is 0.0473 e. The maximum Gasteiger partial charge on any atom is 0.0473 e. The molecule has 2 N–H and O–H groups in total. The van der Waals surface area contributed by atoms with E-state index in [2.05, 4.69) is 60.9 Å². The van der Waals surface area contributed by atoms with Gasteiger partial charge in [0.2, 0.25) is 0 Å². The minimum atomic E-state index is 0.166. The molecular formula is C18H31N3. The first-order chi connectivity index (χ1) is 10.1. The highest BCUT2D eigenvalue weighted by molar-refractivity contribution is 5.15. The molecule has 1 aromatic rings. The number of benzene rings is 1. The van der Waals surface area contributed by atoms with E-state index in [0.717, 1.165) is 32.7 Å². The Bertz CT molecular complexity index is 418. The molecule has 0 bridgehead atoms. The van der Waals surface area contributed by atoms with Gasteiger partial charge in [0, 0.05) is 37.8 Å². The summed E-state index contributed by atoms with van der Waals surface area (Å²) in [6.45, 7) is 12.1. The van der Waals surface area contributed by atoms with Gasteiger partial charge in [-0.2, -0.15) is 0 Å². The van der Waals surface area contributed by atoms with Crippen molar-refractivity contribution < 1.29 is 0 Å². The molecule has 1 saturated heterocycles. The molecule has 118 valence electrons. The maximum atomic E-state index is 6.23. The van der Waals surface area contributed by atoms with E-state index < -0.39 is 0 Å². The molecule has 1 aromatic carbocycles. The van der Waals surface area contributed by atoms with Crippen LogP contribution < -0.4 is 5.73 Å². The van der Waals surface area contributed by atoms with Crippen LogP contribution in [0.2, 0.25) is 0 Å². The summed E-state index contributed by atoms with van der Waals surface area (Å²) in [4.78, 5) is 5.20. The van der Waals surface area contributed by atoms with E-state index in [1.807, 2.05) is 0 Å². The van der Waals surface area contributed by atoms with Crippen molar-refractivity contribution in [2.45, 2.75) is 51.7 Å². The fraction of sp³-hybridized carbons (Fsp3) is 0.667. The van der Waals surface area contributed by atoms with Crippen LogP contribution in [0.1, 0.15) is 39.2 Å². The zero-order chi connectivity index (χ0) is 15.3. The van der Waals surface area contributed by atoms with Crippen LogP contribution in [0.4, 0.5) is 0 Å². The molecule has 1 atom stereocenters. The summed E-state index contributed by atoms with van der Waals surface area (Å²) in [6, 6.07) is 11.3. The summed E-state index contributed by atoms with van der Waals surface area (Å²) in [5.74, 6) is 0. The fourth-order valence-corrected chi connectivity index (χ4v) is 3.72. The third-order valence-corrected chi connectivity index (χ3v) is 4.74. The Morgan fingerprint density at radius 3 is 2.57 bits per heavy atom. The van der Waals surface area contributed by atoms with Crippen LogP contribution in [0, 0.1) is 0 Å². The fourth-order valence-electron chi connectivity index (χ4n) is 3.72. The SMILES string of the molecule is CCCN(C(C)C)C1(CN)CCN(Cc2ccccc2)C1. The second-order valence-electron chi connectivity index (χ2n) is 6.66. The van der Waals surface area contributed by atoms with E-state index in [-0.39, 0.29) is 5.54 Å². The Hall–Kier alpha value is -0.900. The number of hydrogen-bond acceptors (Lipinski definition) is 3. The van der Waals surface area contributed by atoms with Crippen molar-refractivity contribution in [3.05, 3.63) is 35.9 Å². The predicted octanol–water partition coefficient (Wildman–Crippen LogP) is 2.71. The first kappa shape index (κ1) is 16.5. The highest BCUT2D eigenvalue weighted by atomic mass is 15.3. The van der Waals surface area contributed by atoms with Gasteiger partial charge >= 0.3 is 0 Å². The predicted molar refractivity (Wildman–Crippen MR) is 90.3 cm³/mol. The highest BCUT2D eigenvalue weighted by Crippen LogP contribution is 2.30. The normalized spacial score (nSPS) is 23.3. The zero-order valence-corrected chi connectivity index (χ0v) is 13.9. The van der Waals surface area contributed by atoms with E-state index >= 15 is 0 Å². The van der Waals surface area contributed by atoms with E-state index in [1.54, 1.807) is 0 Å². The molecule has 1 heterocycles. The summed E-state index contributed by atoms with van der Waals surface area (Å²) in [5, 5.41) is 0. The quantitative estimate of drug-likeness (QED) is 0.837. The van der Waals surface area contributed by atoms with Crippen LogP contribution in [-0.2, 0) is 6.54 Å². The summed E-state index contributed by atoms with van der Waals surface area (Å²) >= 11 is 0. The Balaban J connectivity index is 2.05. The Labute approximate surface area is 130 Å². The van der Waals surface area contributed by atoms with Crippen LogP contribution in [0.25, 0.3) is 0 Å². The zero-order valence-electron chi connectivity index (χ0n) is 13.9. The van der Waals surface area contributed by atoms with Crippen molar-refractivity contribution in [3.63, 3.8) is 0 Å². The minimum absolute atomic E-state index is 0.166. The van der Waals surface area contributed by atoms with Crippen molar-refractivity contribution in [3.8, 4) is 0 Å². The first-order valence-electron chi connectivity index (χ1n) is 8.34. The average molecular weight is 289 g/mol. The Morgan fingerprint density at radius 1 is 1.29 bits per heavy atom. The molecule has 0 amide bonds. The Morgan fingerprint density at radius 2 is 2.00 bits per heavy atom. The van der Waals surface area contributed by atoms with E-state index in [9.17, 15) is 0 Å². The molecule has 1 aliphatic rings. The van der Waals surface area contributed by atoms with Gasteiger partial charge in [-0.15, -0.1) is 0 Å². The van der Waals surface area contributed by atoms with E-state index in [4.69, 9.17) is 5.73 Å². The van der Waals surface area contributed by atoms with Gasteiger partial charge in [-0.05, 0) is 38.8 Å². The molecule has 2 rings (SSSR count). The molecule has 3 nitrogen and oxygen atoms in total. The minimum Gasteiger partial charge on any atom is -0.329 e. The molecule has 0 aromatic heterocycles. The molecular weight excluding hydrogens is 258 g/mol. The lowest BCUT2D eigenvalue weighted by atomic mass is 9.94. The summed E-state index contributed by atoms with van der Waals surface area (Å²) < 4.78 is 0. The van der Waals surface area contributed by atoms with Crippen molar-refractivity contribution in [2.24, 2.45) is 5.73 Å². The molecule has 1 unspecified atom stereocenters. The molecule has 0 aliphatic carbocycles. The number of likely N-dealkylation sites (tertiary alicyclic amines) is 1. The van der Waals surface area contributed by atoms with Gasteiger partial charge in [0.05, 0.1) is 0 Å². The molecule has 3 heteroatoms. The number of nitrogens with two attached hydrogens (primary N) is 1. The van der Waals surface area contributed by atoms with Gasteiger partial charge in [0.15, 0.2) is 0 Å². The van der Waals surface area contributed by atoms with Crippen molar-refractivity contribution >= 4 is 0 Å². The number of hydrogen-bond donors (Lipinski definition) is 1. The van der Waals surface area contributed by atoms with Gasteiger partial charge in [0.25, 0.3) is 0 Å². The molecule has 0 spiro atoms. The Kier molecular flexibility index (Phi) is 5.80. The molecule has 0 saturated carbocycles. The van der Waals surface area contributed by atoms with Crippen molar-refractivity contribution in [1.29, 1.82) is 0 Å². The highest BCUT2D eigenvalue weighted by Gasteiger charge is 2.42. The molecule has 1 fully saturated rings. The van der Waals surface area contributed by atoms with Crippen molar-refractivity contribution in [1.82, 2.24) is 9.80 Å². The summed E-state index contributed by atoms with van der Waals surface area (Å²) in [6.07, 6.45) is 2.38. The topological polar surface area (TPSA) is 32.5 Å². The van der Waals surface area contributed by atoms with Gasteiger partial charge in [0.1, 0.15) is 0 Å². The maximum absolute atomic E-state index is 6.23. The standard InChI is InChI=1S/C18H31N3/c1-4-11-21(16(2)3)18(14-19)10-12-20(15-18)13-17-8-6-5-7-9-17/h5-9,16H,4,10-15,19H2,1-3H3. The molecule has 21 heavy (non-hydrogen) atoms. The van der Waals surface area contributed by atoms with Crippen LogP contribution in [0.5, 0.6) is 0 Å². The van der Waals surface area contributed by atoms with Crippen LogP contribution >= 0.6 is 0 Å². The van der Waals surface area contributed by atoms with Crippen LogP contribution in [0.15, 0.2) is 30.3 Å². The van der Waals surface area contributed by atoms with Crippen molar-refractivity contribution in [2.75, 3.05) is 26.2 Å². The van der Waals surface area contributed by atoms with Gasteiger partial charge in [-0.3, -0.25) is 9.80 Å². The first-order valence-corrected chi connectivity index (χ1v) is 8.34. The second-order valence-corrected chi connectivity index (χ2v) is 6.66. The second kappa shape index (κ2) is 7.39. The summed E-state index contributed by atoms with van der Waals surface area (Å²) in [7, 11) is 0. The van der Waals surface area contributed by atoms with Gasteiger partial charge in [-0.1, -0.05) is 37.3 Å². The largest absolute Gasteiger partial charge is 0.329 e. The molecule has 1 aliphatic heterocycles. The molecule has 0 radical (unpaired) electrons. The van der Waals surface area contributed by atoms with E-state index in [0.29, 0.717) is 6.04 Å². The average Bonchev–Trinajstić information content (AvgIpc) is 2.89. The van der Waals surface area contributed by atoms with Gasteiger partial charge in [-0.25, -0.2) is 0 Å². The number of rotatable bonds is 7. The van der Waals surface area contributed by atoms with E-state index in [1.165, 1.54) is 18.4 Å². The van der Waals surface area contributed by atoms with Crippen LogP contribution in [0.3, 0.4) is 0 Å². The van der Waals surface area contributed by atoms with Gasteiger partial charge < -0.3 is 5.73 Å². The third-order valence-electron chi connectivity index (χ3n) is 4.74. The monoisotopic (exact) mass is 289 g/mol. The third kappa shape index (κ3) is 3.85. The lowest BCUT2D eigenvalue weighted by Gasteiger charge is -2.43. The van der Waals surface area contributed by atoms with Crippen LogP contribution in [-0.4, -0.2) is 47.6 Å². The lowest BCUT2D eigenvalue weighted by Crippen LogP contribution is -2.58. The lowest BCUT2D eigenvalue weighted by molar-refractivity contribution is 0.0660. The summed E-state index contributed by atoms with van der Waals surface area (Å²) in [5.41, 5.74) is 7.79.